The number of likely N-dealkylation sites (N-methyl/N-ethyl adjacent to an activating group) is 1. The van der Waals surface area contributed by atoms with Crippen molar-refractivity contribution in [3.05, 3.63) is 47.5 Å². The van der Waals surface area contributed by atoms with Crippen molar-refractivity contribution in [1.29, 1.82) is 0 Å². The quantitative estimate of drug-likeness (QED) is 0.582. The molecule has 6 nitrogen and oxygen atoms in total. The molecule has 0 bridgehead atoms. The fourth-order valence-electron chi connectivity index (χ4n) is 2.99. The molecule has 2 aromatic carbocycles. The molecule has 30 heavy (non-hydrogen) atoms. The first kappa shape index (κ1) is 22.2. The third-order valence-electron chi connectivity index (χ3n) is 4.46. The molecule has 1 aliphatic rings. The van der Waals surface area contributed by atoms with E-state index in [2.05, 4.69) is 4.98 Å². The standard InChI is InChI=1S/C20H19F2N3O3S.ClH/c1-24(2)6-7-25(19(26)18-12(21)4-3-5-13(18)22)20-23-14-10-15-16(11-17(14)29-20)28-9-8-27-15;/h3-5,10-11H,6-9H2,1-2H3;1H. The van der Waals surface area contributed by atoms with E-state index in [9.17, 15) is 13.6 Å². The Labute approximate surface area is 182 Å². The number of carbonyl (C=O) groups excluding carboxylic acids is 1. The molecule has 0 saturated carbocycles. The molecule has 0 N–H and O–H groups in total. The number of halogens is 3. The zero-order valence-corrected chi connectivity index (χ0v) is 18.0. The van der Waals surface area contributed by atoms with Crippen LogP contribution in [0.2, 0.25) is 0 Å². The van der Waals surface area contributed by atoms with E-state index in [0.717, 1.165) is 16.8 Å². The van der Waals surface area contributed by atoms with E-state index in [1.807, 2.05) is 25.1 Å². The van der Waals surface area contributed by atoms with E-state index in [-0.39, 0.29) is 19.0 Å². The monoisotopic (exact) mass is 455 g/mol. The molecule has 2 heterocycles. The van der Waals surface area contributed by atoms with Crippen LogP contribution in [0.25, 0.3) is 10.2 Å². The van der Waals surface area contributed by atoms with Gasteiger partial charge in [0.05, 0.1) is 10.2 Å². The molecule has 0 spiro atoms. The van der Waals surface area contributed by atoms with E-state index in [1.165, 1.54) is 22.3 Å². The molecule has 0 atom stereocenters. The number of hydrogen-bond acceptors (Lipinski definition) is 6. The zero-order valence-electron chi connectivity index (χ0n) is 16.4. The number of rotatable bonds is 5. The fraction of sp³-hybridized carbons (Fsp3) is 0.300. The van der Waals surface area contributed by atoms with Crippen LogP contribution in [-0.4, -0.2) is 56.2 Å². The van der Waals surface area contributed by atoms with E-state index in [0.29, 0.717) is 41.9 Å². The molecule has 4 rings (SSSR count). The minimum atomic E-state index is -0.900. The Balaban J connectivity index is 0.00000256. The summed E-state index contributed by atoms with van der Waals surface area (Å²) < 4.78 is 40.4. The largest absolute Gasteiger partial charge is 0.486 e. The van der Waals surface area contributed by atoms with Crippen molar-refractivity contribution in [1.82, 2.24) is 9.88 Å². The van der Waals surface area contributed by atoms with Gasteiger partial charge in [0.1, 0.15) is 30.4 Å². The number of anilines is 1. The van der Waals surface area contributed by atoms with E-state index >= 15 is 0 Å². The Morgan fingerprint density at radius 3 is 2.37 bits per heavy atom. The highest BCUT2D eigenvalue weighted by Gasteiger charge is 2.27. The Kier molecular flexibility index (Phi) is 6.74. The highest BCUT2D eigenvalue weighted by Crippen LogP contribution is 2.39. The van der Waals surface area contributed by atoms with Crippen LogP contribution in [-0.2, 0) is 0 Å². The summed E-state index contributed by atoms with van der Waals surface area (Å²) in [7, 11) is 3.71. The van der Waals surface area contributed by atoms with Gasteiger partial charge < -0.3 is 14.4 Å². The van der Waals surface area contributed by atoms with Gasteiger partial charge in [0.15, 0.2) is 16.6 Å². The number of hydrogen-bond donors (Lipinski definition) is 0. The summed E-state index contributed by atoms with van der Waals surface area (Å²) in [4.78, 5) is 20.8. The minimum absolute atomic E-state index is 0. The number of nitrogens with zero attached hydrogens (tertiary/aromatic N) is 3. The second-order valence-corrected chi connectivity index (χ2v) is 7.83. The summed E-state index contributed by atoms with van der Waals surface area (Å²) in [5, 5.41) is 0.358. The van der Waals surface area contributed by atoms with Gasteiger partial charge in [-0.25, -0.2) is 13.8 Å². The van der Waals surface area contributed by atoms with Gasteiger partial charge in [0, 0.05) is 25.2 Å². The predicted octanol–water partition coefficient (Wildman–Crippen LogP) is 3.98. The molecular weight excluding hydrogens is 436 g/mol. The zero-order chi connectivity index (χ0) is 20.5. The van der Waals surface area contributed by atoms with Gasteiger partial charge in [-0.05, 0) is 26.2 Å². The van der Waals surface area contributed by atoms with Crippen molar-refractivity contribution in [2.75, 3.05) is 45.3 Å². The van der Waals surface area contributed by atoms with Gasteiger partial charge in [0.2, 0.25) is 0 Å². The van der Waals surface area contributed by atoms with Crippen LogP contribution in [0.5, 0.6) is 11.5 Å². The van der Waals surface area contributed by atoms with Gasteiger partial charge in [-0.3, -0.25) is 9.69 Å². The first-order valence-electron chi connectivity index (χ1n) is 9.05. The predicted molar refractivity (Wildman–Crippen MR) is 114 cm³/mol. The fourth-order valence-corrected chi connectivity index (χ4v) is 3.99. The lowest BCUT2D eigenvalue weighted by Gasteiger charge is -2.22. The van der Waals surface area contributed by atoms with Crippen LogP contribution >= 0.6 is 23.7 Å². The lowest BCUT2D eigenvalue weighted by atomic mass is 10.1. The lowest BCUT2D eigenvalue weighted by Crippen LogP contribution is -2.37. The molecule has 1 aliphatic heterocycles. The Morgan fingerprint density at radius 2 is 1.73 bits per heavy atom. The smallest absolute Gasteiger partial charge is 0.266 e. The number of fused-ring (bicyclic) bond motifs is 2. The summed E-state index contributed by atoms with van der Waals surface area (Å²) in [5.41, 5.74) is 0.0439. The average Bonchev–Trinajstić information content (AvgIpc) is 3.08. The molecule has 1 aromatic heterocycles. The van der Waals surface area contributed by atoms with E-state index in [1.54, 1.807) is 6.07 Å². The van der Waals surface area contributed by atoms with Crippen LogP contribution < -0.4 is 14.4 Å². The van der Waals surface area contributed by atoms with E-state index < -0.39 is 23.1 Å². The highest BCUT2D eigenvalue weighted by atomic mass is 35.5. The van der Waals surface area contributed by atoms with Crippen LogP contribution in [0.4, 0.5) is 13.9 Å². The van der Waals surface area contributed by atoms with Gasteiger partial charge in [0.25, 0.3) is 5.91 Å². The minimum Gasteiger partial charge on any atom is -0.486 e. The molecule has 0 saturated heterocycles. The van der Waals surface area contributed by atoms with Crippen LogP contribution in [0, 0.1) is 11.6 Å². The third-order valence-corrected chi connectivity index (χ3v) is 5.51. The van der Waals surface area contributed by atoms with Crippen molar-refractivity contribution in [3.8, 4) is 11.5 Å². The van der Waals surface area contributed by atoms with Gasteiger partial charge >= 0.3 is 0 Å². The second-order valence-electron chi connectivity index (χ2n) is 6.82. The first-order chi connectivity index (χ1) is 13.9. The molecule has 0 radical (unpaired) electrons. The second kappa shape index (κ2) is 9.11. The summed E-state index contributed by atoms with van der Waals surface area (Å²) in [6, 6.07) is 6.93. The number of amides is 1. The molecule has 0 unspecified atom stereocenters. The molecule has 0 fully saturated rings. The van der Waals surface area contributed by atoms with Crippen molar-refractivity contribution in [3.63, 3.8) is 0 Å². The van der Waals surface area contributed by atoms with Crippen molar-refractivity contribution >= 4 is 45.0 Å². The van der Waals surface area contributed by atoms with Crippen molar-refractivity contribution < 1.29 is 23.0 Å². The number of ether oxygens (including phenoxy) is 2. The Hall–Kier alpha value is -2.49. The maximum Gasteiger partial charge on any atom is 0.266 e. The molecule has 160 valence electrons. The Morgan fingerprint density at radius 1 is 1.10 bits per heavy atom. The van der Waals surface area contributed by atoms with E-state index in [4.69, 9.17) is 9.47 Å². The van der Waals surface area contributed by atoms with Crippen LogP contribution in [0.15, 0.2) is 30.3 Å². The topological polar surface area (TPSA) is 54.9 Å². The molecule has 0 aliphatic carbocycles. The SMILES string of the molecule is CN(C)CCN(C(=O)c1c(F)cccc1F)c1nc2cc3c(cc2s1)OCCO3.Cl. The van der Waals surface area contributed by atoms with Crippen molar-refractivity contribution in [2.45, 2.75) is 0 Å². The van der Waals surface area contributed by atoms with Gasteiger partial charge in [-0.1, -0.05) is 17.4 Å². The normalized spacial score (nSPS) is 12.7. The summed E-state index contributed by atoms with van der Waals surface area (Å²) in [6.45, 7) is 1.65. The average molecular weight is 456 g/mol. The third kappa shape index (κ3) is 4.33. The van der Waals surface area contributed by atoms with Gasteiger partial charge in [-0.15, -0.1) is 12.4 Å². The number of thiazole rings is 1. The molecule has 10 heteroatoms. The van der Waals surface area contributed by atoms with Crippen LogP contribution in [0.1, 0.15) is 10.4 Å². The first-order valence-corrected chi connectivity index (χ1v) is 9.86. The summed E-state index contributed by atoms with van der Waals surface area (Å²) in [5.74, 6) is -1.36. The number of carbonyl (C=O) groups is 1. The summed E-state index contributed by atoms with van der Waals surface area (Å²) >= 11 is 1.26. The van der Waals surface area contributed by atoms with Crippen LogP contribution in [0.3, 0.4) is 0 Å². The highest BCUT2D eigenvalue weighted by molar-refractivity contribution is 7.22. The van der Waals surface area contributed by atoms with Gasteiger partial charge in [-0.2, -0.15) is 0 Å². The number of benzene rings is 2. The maximum atomic E-state index is 14.2. The summed E-state index contributed by atoms with van der Waals surface area (Å²) in [6.07, 6.45) is 0. The lowest BCUT2D eigenvalue weighted by molar-refractivity contribution is 0.0977. The molecular formula is C20H20ClF2N3O3S. The molecule has 1 amide bonds. The van der Waals surface area contributed by atoms with Crippen molar-refractivity contribution in [2.24, 2.45) is 0 Å². The number of aromatic nitrogens is 1. The maximum absolute atomic E-state index is 14.2. The Bertz CT molecular complexity index is 1010. The molecule has 3 aromatic rings.